The third-order valence-electron chi connectivity index (χ3n) is 0.286. The van der Waals surface area contributed by atoms with Crippen LogP contribution in [0.1, 0.15) is 0 Å². The van der Waals surface area contributed by atoms with E-state index in [9.17, 15) is 0 Å². The molecule has 0 aliphatic carbocycles. The van der Waals surface area contributed by atoms with Crippen LogP contribution >= 0.6 is 134 Å². The van der Waals surface area contributed by atoms with E-state index in [0.717, 1.165) is 0 Å². The van der Waals surface area contributed by atoms with Gasteiger partial charge < -0.3 is 0 Å². The van der Waals surface area contributed by atoms with Gasteiger partial charge in [-0.25, -0.2) is 0 Å². The van der Waals surface area contributed by atoms with Crippen LogP contribution in [-0.4, -0.2) is 0 Å². The maximum absolute atomic E-state index is 6.04. The topological polar surface area (TPSA) is 0 Å². The van der Waals surface area contributed by atoms with Gasteiger partial charge in [0.15, 0.2) is 0 Å². The fourth-order valence-corrected chi connectivity index (χ4v) is 932. The number of hydrogen-bond donors (Lipinski definition) is 0. The van der Waals surface area contributed by atoms with E-state index < -0.39 is 15.8 Å². The molecule has 11 heteroatoms. The Morgan fingerprint density at radius 1 is 0.909 bits per heavy atom. The first kappa shape index (κ1) is 18.6. The number of halogens is 11. The van der Waals surface area contributed by atoms with E-state index in [4.69, 9.17) is 8.91 Å². The molecular weight excluding hydrogens is 1300 g/mol. The molecule has 0 aromatic rings. The van der Waals surface area contributed by atoms with Gasteiger partial charge in [0, 0.05) is 0 Å². The molecule has 0 bridgehead atoms. The van der Waals surface area contributed by atoms with E-state index in [0.29, 0.717) is 0 Å². The molecule has 0 aliphatic heterocycles. The molecule has 0 atom stereocenters. The van der Waals surface area contributed by atoms with Gasteiger partial charge in [-0.15, -0.1) is 0 Å². The van der Waals surface area contributed by atoms with Crippen LogP contribution in [0.25, 0.3) is 0 Å². The summed E-state index contributed by atoms with van der Waals surface area (Å²) in [5.41, 5.74) is 0. The molecule has 11 heavy (non-hydrogen) atoms. The molecule has 0 aromatic heterocycles. The molecular formula is ClI10-. The predicted molar refractivity (Wildman–Crippen MR) is 132 cm³/mol. The summed E-state index contributed by atoms with van der Waals surface area (Å²) in [6, 6.07) is 0. The van der Waals surface area contributed by atoms with E-state index in [1.807, 2.05) is 0 Å². The Morgan fingerprint density at radius 3 is 1.64 bits per heavy atom. The third-order valence-corrected chi connectivity index (χ3v) is 533. The van der Waals surface area contributed by atoms with E-state index in [1.165, 1.54) is 0 Å². The van der Waals surface area contributed by atoms with Crippen LogP contribution in [0.4, 0.5) is 0 Å². The van der Waals surface area contributed by atoms with Crippen molar-refractivity contribution in [3.63, 3.8) is 0 Å². The second-order valence-electron chi connectivity index (χ2n) is 0.702. The van der Waals surface area contributed by atoms with Gasteiger partial charge >= 0.3 is 150 Å². The zero-order valence-corrected chi connectivity index (χ0v) is 26.5. The molecule has 0 rings (SSSR count). The minimum atomic E-state index is -0.472. The van der Waals surface area contributed by atoms with Gasteiger partial charge in [0.05, 0.1) is 0 Å². The molecule has 0 spiro atoms. The zero-order chi connectivity index (χ0) is 9.02. The van der Waals surface area contributed by atoms with Crippen LogP contribution in [-0.2, 0) is 0 Å². The molecule has 0 nitrogen and oxygen atoms in total. The molecule has 0 aliphatic rings. The molecule has 0 aromatic carbocycles. The van der Waals surface area contributed by atoms with Gasteiger partial charge in [-0.2, -0.15) is 0 Å². The van der Waals surface area contributed by atoms with Crippen molar-refractivity contribution in [1.29, 1.82) is 0 Å². The van der Waals surface area contributed by atoms with Crippen molar-refractivity contribution < 1.29 is 16.1 Å². The Labute approximate surface area is 142 Å². The molecule has 0 amide bonds. The molecule has 0 fully saturated rings. The van der Waals surface area contributed by atoms with Crippen molar-refractivity contribution in [3.05, 3.63) is 0 Å². The van der Waals surface area contributed by atoms with Gasteiger partial charge in [-0.3, -0.25) is 0 Å². The van der Waals surface area contributed by atoms with E-state index in [1.54, 1.807) is 0 Å². The molecule has 78 valence electrons. The van der Waals surface area contributed by atoms with Crippen LogP contribution in [0.3, 0.4) is 0 Å². The Bertz CT molecular complexity index is 99.0. The fraction of sp³-hybridized carbons (Fsp3) is 0. The average molecular weight is 1300 g/mol. The van der Waals surface area contributed by atoms with Crippen molar-refractivity contribution in [2.75, 3.05) is 0 Å². The SMILES string of the molecule is Cl[I-]I(I)I(I)I(I)I(I)I. The Hall–Kier alpha value is 7.59. The van der Waals surface area contributed by atoms with Crippen LogP contribution in [0.2, 0.25) is 0 Å². The first-order valence-electron chi connectivity index (χ1n) is 1.43. The Kier molecular flexibility index (Phi) is 19.3. The summed E-state index contributed by atoms with van der Waals surface area (Å²) < 4.78 is 0. The third kappa shape index (κ3) is 9.17. The second-order valence-corrected chi connectivity index (χ2v) is 203. The molecule has 0 radical (unpaired) electrons. The summed E-state index contributed by atoms with van der Waals surface area (Å²) in [5, 5.41) is 0. The second kappa shape index (κ2) is 11.4. The first-order valence-corrected chi connectivity index (χ1v) is 60.7. The molecule has 0 N–H and O–H groups in total. The zero-order valence-electron chi connectivity index (χ0n) is 4.16. The monoisotopic (exact) mass is 1300 g/mol. The summed E-state index contributed by atoms with van der Waals surface area (Å²) in [4.78, 5) is 0. The Balaban J connectivity index is 3.90. The quantitative estimate of drug-likeness (QED) is 0.319. The summed E-state index contributed by atoms with van der Waals surface area (Å²) in [5.74, 6) is 0. The molecule has 0 saturated carbocycles. The minimum absolute atomic E-state index is 0.176. The summed E-state index contributed by atoms with van der Waals surface area (Å²) in [6.07, 6.45) is 0. The number of hydrogen-bond acceptors (Lipinski definition) is 0. The molecule has 0 heterocycles. The van der Waals surface area contributed by atoms with Crippen LogP contribution < -0.4 is 16.1 Å². The van der Waals surface area contributed by atoms with E-state index in [2.05, 4.69) is 93.1 Å². The van der Waals surface area contributed by atoms with Crippen molar-refractivity contribution in [2.45, 2.75) is 0 Å². The fourth-order valence-electron chi connectivity index (χ4n) is 0.0771. The van der Waals surface area contributed by atoms with Crippen LogP contribution in [0, 0.1) is 0 Å². The molecule has 0 saturated heterocycles. The molecule has 0 unspecified atom stereocenters. The van der Waals surface area contributed by atoms with Gasteiger partial charge in [-0.05, 0) is 0 Å². The Morgan fingerprint density at radius 2 is 1.36 bits per heavy atom. The van der Waals surface area contributed by atoms with Gasteiger partial charge in [-0.1, -0.05) is 0 Å². The van der Waals surface area contributed by atoms with E-state index in [-0.39, 0.29) is 31.9 Å². The van der Waals surface area contributed by atoms with Crippen LogP contribution in [0.5, 0.6) is 0 Å². The average Bonchev–Trinajstić information content (AvgIpc) is 2.00. The van der Waals surface area contributed by atoms with Gasteiger partial charge in [0.1, 0.15) is 0 Å². The van der Waals surface area contributed by atoms with Crippen molar-refractivity contribution in [1.82, 2.24) is 0 Å². The van der Waals surface area contributed by atoms with Gasteiger partial charge in [0.25, 0.3) is 0 Å². The predicted octanol–water partition coefficient (Wildman–Crippen LogP) is 5.66. The van der Waals surface area contributed by atoms with E-state index >= 15 is 0 Å². The van der Waals surface area contributed by atoms with Crippen molar-refractivity contribution in [2.24, 2.45) is 0 Å². The van der Waals surface area contributed by atoms with Gasteiger partial charge in [0.2, 0.25) is 0 Å². The standard InChI is InChI=1S/ClI10/c1-7-9(4)11(6)10(5)8(2)3/q-1. The number of rotatable bonds is 4. The summed E-state index contributed by atoms with van der Waals surface area (Å²) >= 11 is 14.2. The first-order chi connectivity index (χ1) is 5.00. The van der Waals surface area contributed by atoms with Crippen molar-refractivity contribution in [3.8, 4) is 0 Å². The van der Waals surface area contributed by atoms with Crippen LogP contribution in [0.15, 0.2) is 0 Å². The van der Waals surface area contributed by atoms with Crippen molar-refractivity contribution >= 4 is 134 Å². The summed E-state index contributed by atoms with van der Waals surface area (Å²) in [7, 11) is 4.40. The normalized spacial score (nSPS) is 16.2. The summed E-state index contributed by atoms with van der Waals surface area (Å²) in [6.45, 7) is 0. The maximum atomic E-state index is 6.04.